The van der Waals surface area contributed by atoms with E-state index in [-0.39, 0.29) is 5.91 Å². The van der Waals surface area contributed by atoms with E-state index < -0.39 is 0 Å². The molecule has 0 saturated carbocycles. The average molecular weight is 345 g/mol. The number of furan rings is 1. The van der Waals surface area contributed by atoms with Crippen LogP contribution in [-0.4, -0.2) is 33.8 Å². The van der Waals surface area contributed by atoms with E-state index in [1.807, 2.05) is 19.1 Å². The summed E-state index contributed by atoms with van der Waals surface area (Å²) in [5, 5.41) is 2.83. The van der Waals surface area contributed by atoms with E-state index in [2.05, 4.69) is 5.32 Å². The molecule has 0 spiro atoms. The van der Waals surface area contributed by atoms with Crippen LogP contribution in [0.4, 0.5) is 0 Å². The first-order valence-electron chi connectivity index (χ1n) is 7.88. The third-order valence-corrected chi connectivity index (χ3v) is 3.65. The maximum absolute atomic E-state index is 11.9. The van der Waals surface area contributed by atoms with Crippen molar-refractivity contribution in [2.45, 2.75) is 13.3 Å². The smallest absolute Gasteiger partial charge is 0.244 e. The number of methoxy groups -OCH3 is 3. The number of hydrogen-bond acceptors (Lipinski definition) is 5. The fourth-order valence-corrected chi connectivity index (χ4v) is 2.39. The Kier molecular flexibility index (Phi) is 6.51. The van der Waals surface area contributed by atoms with Gasteiger partial charge in [-0.05, 0) is 31.6 Å². The minimum Gasteiger partial charge on any atom is -0.496 e. The summed E-state index contributed by atoms with van der Waals surface area (Å²) in [6.07, 6.45) is 3.65. The molecule has 0 bridgehead atoms. The van der Waals surface area contributed by atoms with Crippen LogP contribution in [0.3, 0.4) is 0 Å². The molecule has 1 N–H and O–H groups in total. The predicted octanol–water partition coefficient (Wildman–Crippen LogP) is 2.99. The first kappa shape index (κ1) is 18.4. The molecule has 0 atom stereocenters. The fourth-order valence-electron chi connectivity index (χ4n) is 2.39. The Balaban J connectivity index is 1.96. The van der Waals surface area contributed by atoms with Crippen molar-refractivity contribution in [1.82, 2.24) is 5.32 Å². The van der Waals surface area contributed by atoms with Gasteiger partial charge < -0.3 is 23.9 Å². The molecule has 0 aliphatic heterocycles. The van der Waals surface area contributed by atoms with Crippen molar-refractivity contribution in [2.75, 3.05) is 27.9 Å². The average Bonchev–Trinajstić information content (AvgIpc) is 3.05. The molecule has 2 rings (SSSR count). The largest absolute Gasteiger partial charge is 0.496 e. The number of rotatable bonds is 8. The zero-order chi connectivity index (χ0) is 18.2. The summed E-state index contributed by atoms with van der Waals surface area (Å²) in [5.74, 6) is 3.22. The highest BCUT2D eigenvalue weighted by atomic mass is 16.5. The molecule has 6 heteroatoms. The van der Waals surface area contributed by atoms with E-state index >= 15 is 0 Å². The minimum atomic E-state index is -0.194. The molecule has 134 valence electrons. The van der Waals surface area contributed by atoms with E-state index in [9.17, 15) is 4.79 Å². The summed E-state index contributed by atoms with van der Waals surface area (Å²) in [6.45, 7) is 2.30. The third kappa shape index (κ3) is 5.04. The van der Waals surface area contributed by atoms with Crippen molar-refractivity contribution in [3.05, 3.63) is 47.4 Å². The second-order valence-corrected chi connectivity index (χ2v) is 5.33. The van der Waals surface area contributed by atoms with Crippen LogP contribution in [0, 0.1) is 6.92 Å². The molecule has 1 aromatic heterocycles. The van der Waals surface area contributed by atoms with Crippen LogP contribution < -0.4 is 19.5 Å². The number of hydrogen-bond donors (Lipinski definition) is 1. The maximum Gasteiger partial charge on any atom is 0.244 e. The predicted molar refractivity (Wildman–Crippen MR) is 95.3 cm³/mol. The second kappa shape index (κ2) is 8.82. The van der Waals surface area contributed by atoms with Gasteiger partial charge in [0.15, 0.2) is 0 Å². The fraction of sp³-hybridized carbons (Fsp3) is 0.316. The van der Waals surface area contributed by atoms with Gasteiger partial charge in [-0.2, -0.15) is 0 Å². The Bertz CT molecular complexity index is 723. The summed E-state index contributed by atoms with van der Waals surface area (Å²) in [6, 6.07) is 7.24. The summed E-state index contributed by atoms with van der Waals surface area (Å²) in [5.41, 5.74) is 0.872. The molecule has 0 aliphatic rings. The van der Waals surface area contributed by atoms with E-state index in [4.69, 9.17) is 18.6 Å². The highest BCUT2D eigenvalue weighted by Crippen LogP contribution is 2.34. The Hall–Kier alpha value is -2.89. The topological polar surface area (TPSA) is 69.9 Å². The van der Waals surface area contributed by atoms with E-state index in [1.165, 1.54) is 6.08 Å². The van der Waals surface area contributed by atoms with E-state index in [1.54, 1.807) is 39.5 Å². The lowest BCUT2D eigenvalue weighted by molar-refractivity contribution is -0.116. The SMILES string of the molecule is COc1cc(OC)c(CCNC(=O)/C=C/c2ccc(C)o2)c(OC)c1. The summed E-state index contributed by atoms with van der Waals surface area (Å²) in [4.78, 5) is 11.9. The van der Waals surface area contributed by atoms with Crippen molar-refractivity contribution in [1.29, 1.82) is 0 Å². The lowest BCUT2D eigenvalue weighted by atomic mass is 10.1. The number of nitrogens with one attached hydrogen (secondary N) is 1. The van der Waals surface area contributed by atoms with Crippen molar-refractivity contribution in [3.63, 3.8) is 0 Å². The molecule has 0 saturated heterocycles. The van der Waals surface area contributed by atoms with Gasteiger partial charge in [0.1, 0.15) is 28.8 Å². The minimum absolute atomic E-state index is 0.194. The van der Waals surface area contributed by atoms with Crippen LogP contribution in [0.5, 0.6) is 17.2 Å². The molecule has 0 radical (unpaired) electrons. The van der Waals surface area contributed by atoms with Gasteiger partial charge in [0, 0.05) is 30.3 Å². The molecule has 25 heavy (non-hydrogen) atoms. The van der Waals surface area contributed by atoms with Crippen LogP contribution in [0.1, 0.15) is 17.1 Å². The van der Waals surface area contributed by atoms with Crippen LogP contribution in [-0.2, 0) is 11.2 Å². The zero-order valence-corrected chi connectivity index (χ0v) is 14.9. The first-order chi connectivity index (χ1) is 12.1. The zero-order valence-electron chi connectivity index (χ0n) is 14.9. The Morgan fingerprint density at radius 1 is 1.12 bits per heavy atom. The molecule has 0 fully saturated rings. The van der Waals surface area contributed by atoms with Crippen LogP contribution in [0.2, 0.25) is 0 Å². The van der Waals surface area contributed by atoms with Crippen molar-refractivity contribution in [3.8, 4) is 17.2 Å². The molecular weight excluding hydrogens is 322 g/mol. The van der Waals surface area contributed by atoms with Crippen molar-refractivity contribution in [2.24, 2.45) is 0 Å². The number of aryl methyl sites for hydroxylation is 1. The molecule has 0 unspecified atom stereocenters. The molecule has 1 aromatic carbocycles. The molecule has 1 heterocycles. The van der Waals surface area contributed by atoms with Gasteiger partial charge in [-0.3, -0.25) is 4.79 Å². The van der Waals surface area contributed by atoms with Gasteiger partial charge in [-0.1, -0.05) is 0 Å². The highest BCUT2D eigenvalue weighted by molar-refractivity contribution is 5.91. The number of carbonyl (C=O) groups excluding carboxylic acids is 1. The van der Waals surface area contributed by atoms with Gasteiger partial charge in [-0.25, -0.2) is 0 Å². The number of benzene rings is 1. The number of amides is 1. The first-order valence-corrected chi connectivity index (χ1v) is 7.88. The van der Waals surface area contributed by atoms with E-state index in [0.29, 0.717) is 36.0 Å². The summed E-state index contributed by atoms with van der Waals surface area (Å²) >= 11 is 0. The Morgan fingerprint density at radius 2 is 1.80 bits per heavy atom. The molecular formula is C19H23NO5. The highest BCUT2D eigenvalue weighted by Gasteiger charge is 2.13. The van der Waals surface area contributed by atoms with E-state index in [0.717, 1.165) is 11.3 Å². The van der Waals surface area contributed by atoms with Gasteiger partial charge in [0.05, 0.1) is 21.3 Å². The van der Waals surface area contributed by atoms with Crippen LogP contribution >= 0.6 is 0 Å². The number of ether oxygens (including phenoxy) is 3. The number of carbonyl (C=O) groups is 1. The van der Waals surface area contributed by atoms with Crippen LogP contribution in [0.25, 0.3) is 6.08 Å². The Labute approximate surface area is 147 Å². The molecule has 0 aliphatic carbocycles. The molecule has 6 nitrogen and oxygen atoms in total. The summed E-state index contributed by atoms with van der Waals surface area (Å²) in [7, 11) is 4.76. The molecule has 2 aromatic rings. The quantitative estimate of drug-likeness (QED) is 0.745. The van der Waals surface area contributed by atoms with Crippen LogP contribution in [0.15, 0.2) is 34.8 Å². The van der Waals surface area contributed by atoms with Gasteiger partial charge in [-0.15, -0.1) is 0 Å². The van der Waals surface area contributed by atoms with Crippen molar-refractivity contribution >= 4 is 12.0 Å². The second-order valence-electron chi connectivity index (χ2n) is 5.33. The third-order valence-electron chi connectivity index (χ3n) is 3.65. The lowest BCUT2D eigenvalue weighted by Gasteiger charge is -2.15. The van der Waals surface area contributed by atoms with Gasteiger partial charge in [0.25, 0.3) is 0 Å². The standard InChI is InChI=1S/C19H23NO5/c1-13-5-6-14(25-13)7-8-19(21)20-10-9-16-17(23-3)11-15(22-2)12-18(16)24-4/h5-8,11-12H,9-10H2,1-4H3,(H,20,21)/b8-7+. The van der Waals surface area contributed by atoms with Gasteiger partial charge in [0.2, 0.25) is 5.91 Å². The lowest BCUT2D eigenvalue weighted by Crippen LogP contribution is -2.23. The van der Waals surface area contributed by atoms with Gasteiger partial charge >= 0.3 is 0 Å². The molecule has 1 amide bonds. The van der Waals surface area contributed by atoms with Crippen molar-refractivity contribution < 1.29 is 23.4 Å². The summed E-state index contributed by atoms with van der Waals surface area (Å²) < 4.78 is 21.4. The normalized spacial score (nSPS) is 10.7. The Morgan fingerprint density at radius 3 is 2.32 bits per heavy atom. The maximum atomic E-state index is 11.9. The monoisotopic (exact) mass is 345 g/mol.